The number of likely N-dealkylation sites (N-methyl/N-ethyl adjacent to an activating group) is 1. The van der Waals surface area contributed by atoms with Gasteiger partial charge in [-0.2, -0.15) is 0 Å². The Morgan fingerprint density at radius 3 is 2.72 bits per heavy atom. The SMILES string of the molecule is CN1CC[C@@]2(C[C@@H](NS(=O)(=O)C3CC3)CCO2)C1. The maximum atomic E-state index is 12.0. The number of hydrogen-bond donors (Lipinski definition) is 1. The van der Waals surface area contributed by atoms with Crippen LogP contribution >= 0.6 is 0 Å². The quantitative estimate of drug-likeness (QED) is 0.805. The van der Waals surface area contributed by atoms with Crippen molar-refractivity contribution in [3.8, 4) is 0 Å². The average molecular weight is 274 g/mol. The zero-order valence-electron chi connectivity index (χ0n) is 10.9. The molecule has 5 nitrogen and oxygen atoms in total. The van der Waals surface area contributed by atoms with Gasteiger partial charge in [-0.15, -0.1) is 0 Å². The Labute approximate surface area is 109 Å². The molecule has 0 unspecified atom stereocenters. The zero-order valence-corrected chi connectivity index (χ0v) is 11.7. The largest absolute Gasteiger partial charge is 0.373 e. The molecule has 1 aliphatic carbocycles. The van der Waals surface area contributed by atoms with Gasteiger partial charge >= 0.3 is 0 Å². The van der Waals surface area contributed by atoms with Crippen LogP contribution in [0.4, 0.5) is 0 Å². The molecule has 3 aliphatic rings. The molecule has 3 rings (SSSR count). The van der Waals surface area contributed by atoms with E-state index < -0.39 is 10.0 Å². The second-order valence-electron chi connectivity index (χ2n) is 6.07. The Balaban J connectivity index is 1.64. The average Bonchev–Trinajstić information content (AvgIpc) is 3.06. The molecule has 0 amide bonds. The number of hydrogen-bond acceptors (Lipinski definition) is 4. The van der Waals surface area contributed by atoms with Gasteiger partial charge < -0.3 is 9.64 Å². The number of likely N-dealkylation sites (tertiary alicyclic amines) is 1. The van der Waals surface area contributed by atoms with Crippen LogP contribution in [0.5, 0.6) is 0 Å². The lowest BCUT2D eigenvalue weighted by Gasteiger charge is -2.38. The minimum Gasteiger partial charge on any atom is -0.373 e. The molecule has 2 aliphatic heterocycles. The summed E-state index contributed by atoms with van der Waals surface area (Å²) in [6, 6.07) is 0.0656. The fourth-order valence-corrected chi connectivity index (χ4v) is 4.78. The van der Waals surface area contributed by atoms with Crippen molar-refractivity contribution in [3.05, 3.63) is 0 Å². The summed E-state index contributed by atoms with van der Waals surface area (Å²) in [5.41, 5.74) is -0.107. The summed E-state index contributed by atoms with van der Waals surface area (Å²) < 4.78 is 32.8. The van der Waals surface area contributed by atoms with Crippen LogP contribution in [-0.4, -0.2) is 57.0 Å². The van der Waals surface area contributed by atoms with Crippen LogP contribution in [-0.2, 0) is 14.8 Å². The molecule has 0 aromatic rings. The molecule has 3 fully saturated rings. The minimum atomic E-state index is -3.07. The number of rotatable bonds is 3. The van der Waals surface area contributed by atoms with Crippen molar-refractivity contribution < 1.29 is 13.2 Å². The Morgan fingerprint density at radius 1 is 1.33 bits per heavy atom. The van der Waals surface area contributed by atoms with Crippen molar-refractivity contribution in [2.75, 3.05) is 26.7 Å². The third kappa shape index (κ3) is 2.57. The first-order valence-corrected chi connectivity index (χ1v) is 8.37. The summed E-state index contributed by atoms with van der Waals surface area (Å²) >= 11 is 0. The molecule has 1 spiro atoms. The van der Waals surface area contributed by atoms with E-state index in [0.717, 1.165) is 45.2 Å². The first-order chi connectivity index (χ1) is 8.49. The van der Waals surface area contributed by atoms with E-state index in [1.807, 2.05) is 0 Å². The first kappa shape index (κ1) is 12.8. The number of nitrogens with zero attached hydrogens (tertiary/aromatic N) is 1. The Hall–Kier alpha value is -0.170. The zero-order chi connectivity index (χ0) is 12.8. The van der Waals surface area contributed by atoms with Gasteiger partial charge in [-0.1, -0.05) is 0 Å². The summed E-state index contributed by atoms with van der Waals surface area (Å²) in [5, 5.41) is -0.123. The van der Waals surface area contributed by atoms with Crippen LogP contribution in [0.15, 0.2) is 0 Å². The van der Waals surface area contributed by atoms with Crippen molar-refractivity contribution in [1.29, 1.82) is 0 Å². The van der Waals surface area contributed by atoms with Gasteiger partial charge in [0.2, 0.25) is 10.0 Å². The molecule has 18 heavy (non-hydrogen) atoms. The lowest BCUT2D eigenvalue weighted by atomic mass is 9.90. The number of nitrogens with one attached hydrogen (secondary N) is 1. The summed E-state index contributed by atoms with van der Waals surface area (Å²) in [6.07, 6.45) is 4.30. The van der Waals surface area contributed by atoms with E-state index in [4.69, 9.17) is 4.74 Å². The third-order valence-corrected chi connectivity index (χ3v) is 6.31. The highest BCUT2D eigenvalue weighted by Crippen LogP contribution is 2.35. The van der Waals surface area contributed by atoms with Crippen LogP contribution < -0.4 is 4.72 Å². The Kier molecular flexibility index (Phi) is 3.17. The van der Waals surface area contributed by atoms with Crippen LogP contribution in [0, 0.1) is 0 Å². The summed E-state index contributed by atoms with van der Waals surface area (Å²) in [6.45, 7) is 2.64. The van der Waals surface area contributed by atoms with E-state index >= 15 is 0 Å². The lowest BCUT2D eigenvalue weighted by Crippen LogP contribution is -2.50. The fraction of sp³-hybridized carbons (Fsp3) is 1.00. The van der Waals surface area contributed by atoms with E-state index in [1.54, 1.807) is 0 Å². The third-order valence-electron chi connectivity index (χ3n) is 4.29. The smallest absolute Gasteiger partial charge is 0.214 e. The second-order valence-corrected chi connectivity index (χ2v) is 8.06. The molecule has 1 N–H and O–H groups in total. The maximum Gasteiger partial charge on any atom is 0.214 e. The van der Waals surface area contributed by atoms with E-state index in [2.05, 4.69) is 16.7 Å². The Bertz CT molecular complexity index is 417. The van der Waals surface area contributed by atoms with Crippen molar-refractivity contribution >= 4 is 10.0 Å². The summed E-state index contributed by atoms with van der Waals surface area (Å²) in [4.78, 5) is 2.26. The second kappa shape index (κ2) is 4.44. The molecule has 1 saturated carbocycles. The summed E-state index contributed by atoms with van der Waals surface area (Å²) in [5.74, 6) is 0. The van der Waals surface area contributed by atoms with Crippen LogP contribution in [0.3, 0.4) is 0 Å². The number of ether oxygens (including phenoxy) is 1. The van der Waals surface area contributed by atoms with Gasteiger partial charge in [0, 0.05) is 25.7 Å². The highest BCUT2D eigenvalue weighted by Gasteiger charge is 2.44. The monoisotopic (exact) mass is 274 g/mol. The topological polar surface area (TPSA) is 58.6 Å². The van der Waals surface area contributed by atoms with Gasteiger partial charge in [0.25, 0.3) is 0 Å². The lowest BCUT2D eigenvalue weighted by molar-refractivity contribution is -0.0766. The van der Waals surface area contributed by atoms with E-state index in [9.17, 15) is 8.42 Å². The van der Waals surface area contributed by atoms with E-state index in [-0.39, 0.29) is 16.9 Å². The molecule has 0 aromatic heterocycles. The van der Waals surface area contributed by atoms with E-state index in [1.165, 1.54) is 0 Å². The predicted octanol–water partition coefficient (Wildman–Crippen LogP) is 0.322. The van der Waals surface area contributed by atoms with Gasteiger partial charge in [0.1, 0.15) is 0 Å². The number of sulfonamides is 1. The van der Waals surface area contributed by atoms with E-state index in [0.29, 0.717) is 6.61 Å². The molecule has 0 radical (unpaired) electrons. The molecule has 0 aromatic carbocycles. The van der Waals surface area contributed by atoms with Gasteiger partial charge in [-0.25, -0.2) is 13.1 Å². The highest BCUT2D eigenvalue weighted by atomic mass is 32.2. The van der Waals surface area contributed by atoms with Crippen molar-refractivity contribution in [1.82, 2.24) is 9.62 Å². The molecule has 2 heterocycles. The van der Waals surface area contributed by atoms with Gasteiger partial charge in [0.15, 0.2) is 0 Å². The standard InChI is InChI=1S/C12H22N2O3S/c1-14-6-5-12(9-14)8-10(4-7-17-12)13-18(15,16)11-2-3-11/h10-11,13H,2-9H2,1H3/t10-,12+/m0/s1. The van der Waals surface area contributed by atoms with Crippen LogP contribution in [0.2, 0.25) is 0 Å². The van der Waals surface area contributed by atoms with Gasteiger partial charge in [0.05, 0.1) is 10.9 Å². The summed E-state index contributed by atoms with van der Waals surface area (Å²) in [7, 11) is -0.972. The molecular weight excluding hydrogens is 252 g/mol. The molecule has 2 saturated heterocycles. The van der Waals surface area contributed by atoms with Crippen LogP contribution in [0.1, 0.15) is 32.1 Å². The van der Waals surface area contributed by atoms with Gasteiger partial charge in [-0.05, 0) is 39.2 Å². The molecule has 6 heteroatoms. The fourth-order valence-electron chi connectivity index (χ4n) is 3.16. The molecular formula is C12H22N2O3S. The predicted molar refractivity (Wildman–Crippen MR) is 68.9 cm³/mol. The first-order valence-electron chi connectivity index (χ1n) is 6.83. The van der Waals surface area contributed by atoms with Crippen LogP contribution in [0.25, 0.3) is 0 Å². The van der Waals surface area contributed by atoms with Crippen molar-refractivity contribution in [2.24, 2.45) is 0 Å². The van der Waals surface area contributed by atoms with Crippen molar-refractivity contribution in [2.45, 2.75) is 49.0 Å². The minimum absolute atomic E-state index is 0.0656. The maximum absolute atomic E-state index is 12.0. The van der Waals surface area contributed by atoms with Crippen molar-refractivity contribution in [3.63, 3.8) is 0 Å². The molecule has 2 atom stereocenters. The van der Waals surface area contributed by atoms with Gasteiger partial charge in [-0.3, -0.25) is 0 Å². The highest BCUT2D eigenvalue weighted by molar-refractivity contribution is 7.90. The Morgan fingerprint density at radius 2 is 2.11 bits per heavy atom. The normalized spacial score (nSPS) is 38.4. The molecule has 104 valence electrons. The molecule has 0 bridgehead atoms.